The molecule has 0 spiro atoms. The van der Waals surface area contributed by atoms with Crippen LogP contribution in [0.5, 0.6) is 0 Å². The third-order valence-electron chi connectivity index (χ3n) is 2.57. The monoisotopic (exact) mass is 177 g/mol. The van der Waals surface area contributed by atoms with Gasteiger partial charge < -0.3 is 10.4 Å². The summed E-state index contributed by atoms with van der Waals surface area (Å²) in [4.78, 5) is 0. The van der Waals surface area contributed by atoms with E-state index in [1.165, 1.54) is 17.5 Å². The van der Waals surface area contributed by atoms with E-state index < -0.39 is 0 Å². The molecule has 0 aromatic heterocycles. The normalized spacial score (nSPS) is 16.4. The highest BCUT2D eigenvalue weighted by Crippen LogP contribution is 2.16. The second-order valence-electron chi connectivity index (χ2n) is 3.54. The van der Waals surface area contributed by atoms with Crippen LogP contribution in [0.4, 0.5) is 0 Å². The lowest BCUT2D eigenvalue weighted by Crippen LogP contribution is -2.12. The first-order valence-corrected chi connectivity index (χ1v) is 4.82. The van der Waals surface area contributed by atoms with Gasteiger partial charge in [-0.1, -0.05) is 18.2 Å². The van der Waals surface area contributed by atoms with Crippen molar-refractivity contribution in [1.82, 2.24) is 5.32 Å². The molecule has 0 saturated heterocycles. The van der Waals surface area contributed by atoms with Gasteiger partial charge in [-0.25, -0.2) is 0 Å². The topological polar surface area (TPSA) is 32.3 Å². The number of aryl methyl sites for hydroxylation is 1. The van der Waals surface area contributed by atoms with E-state index in [2.05, 4.69) is 17.4 Å². The fraction of sp³-hybridized carbons (Fsp3) is 0.455. The van der Waals surface area contributed by atoms with Gasteiger partial charge in [0, 0.05) is 6.54 Å². The van der Waals surface area contributed by atoms with Gasteiger partial charge in [0.25, 0.3) is 0 Å². The van der Waals surface area contributed by atoms with Crippen molar-refractivity contribution in [1.29, 1.82) is 0 Å². The molecule has 0 saturated carbocycles. The average Bonchev–Trinajstić information content (AvgIpc) is 2.41. The molecule has 0 radical (unpaired) electrons. The zero-order chi connectivity index (χ0) is 9.10. The average molecular weight is 177 g/mol. The molecule has 0 aliphatic carbocycles. The van der Waals surface area contributed by atoms with Gasteiger partial charge in [-0.3, -0.25) is 0 Å². The number of hydrogen-bond donors (Lipinski definition) is 2. The van der Waals surface area contributed by atoms with Gasteiger partial charge in [-0.2, -0.15) is 0 Å². The number of aliphatic hydroxyl groups excluding tert-OH is 1. The Kier molecular flexibility index (Phi) is 2.62. The van der Waals surface area contributed by atoms with Crippen molar-refractivity contribution in [3.05, 3.63) is 34.9 Å². The predicted octanol–water partition coefficient (Wildman–Crippen LogP) is 1.21. The molecule has 1 aliphatic heterocycles. The van der Waals surface area contributed by atoms with Crippen LogP contribution in [-0.4, -0.2) is 11.7 Å². The fourth-order valence-electron chi connectivity index (χ4n) is 1.81. The van der Waals surface area contributed by atoms with Crippen LogP contribution in [0.15, 0.2) is 18.2 Å². The van der Waals surface area contributed by atoms with Crippen molar-refractivity contribution in [2.24, 2.45) is 0 Å². The first-order valence-electron chi connectivity index (χ1n) is 4.82. The van der Waals surface area contributed by atoms with Gasteiger partial charge in [-0.05, 0) is 36.1 Å². The van der Waals surface area contributed by atoms with Crippen molar-refractivity contribution in [2.75, 3.05) is 6.54 Å². The number of benzene rings is 1. The number of nitrogens with one attached hydrogen (secondary N) is 1. The van der Waals surface area contributed by atoms with Crippen molar-refractivity contribution in [2.45, 2.75) is 26.0 Å². The summed E-state index contributed by atoms with van der Waals surface area (Å²) in [6, 6.07) is 6.27. The lowest BCUT2D eigenvalue weighted by molar-refractivity contribution is 0.281. The van der Waals surface area contributed by atoms with E-state index in [0.717, 1.165) is 25.1 Å². The Labute approximate surface area is 78.6 Å². The van der Waals surface area contributed by atoms with Gasteiger partial charge in [0.05, 0.1) is 6.61 Å². The Balaban J connectivity index is 2.32. The molecular weight excluding hydrogens is 162 g/mol. The maximum absolute atomic E-state index is 8.99. The molecule has 1 aromatic rings. The van der Waals surface area contributed by atoms with E-state index in [4.69, 9.17) is 5.11 Å². The summed E-state index contributed by atoms with van der Waals surface area (Å²) in [5.41, 5.74) is 3.80. The minimum Gasteiger partial charge on any atom is -0.392 e. The van der Waals surface area contributed by atoms with E-state index >= 15 is 0 Å². The molecule has 1 heterocycles. The zero-order valence-electron chi connectivity index (χ0n) is 7.71. The van der Waals surface area contributed by atoms with Crippen LogP contribution < -0.4 is 5.32 Å². The molecule has 0 fully saturated rings. The van der Waals surface area contributed by atoms with Gasteiger partial charge in [0.15, 0.2) is 0 Å². The SMILES string of the molecule is OCc1ccc2c(c1)CNCCC2. The third-order valence-corrected chi connectivity index (χ3v) is 2.57. The second-order valence-corrected chi connectivity index (χ2v) is 3.54. The minimum absolute atomic E-state index is 0.146. The molecule has 2 nitrogen and oxygen atoms in total. The Hall–Kier alpha value is -0.860. The highest BCUT2D eigenvalue weighted by atomic mass is 16.3. The second kappa shape index (κ2) is 3.90. The Morgan fingerprint density at radius 2 is 2.23 bits per heavy atom. The standard InChI is InChI=1S/C11H15NO/c13-8-9-3-4-10-2-1-5-12-7-11(10)6-9/h3-4,6,12-13H,1-2,5,7-8H2. The maximum Gasteiger partial charge on any atom is 0.0681 e. The zero-order valence-corrected chi connectivity index (χ0v) is 7.71. The van der Waals surface area contributed by atoms with E-state index in [1.807, 2.05) is 6.07 Å². The van der Waals surface area contributed by atoms with Crippen molar-refractivity contribution < 1.29 is 5.11 Å². The molecule has 0 amide bonds. The van der Waals surface area contributed by atoms with Crippen LogP contribution in [0.25, 0.3) is 0 Å². The van der Waals surface area contributed by atoms with Gasteiger partial charge in [0.1, 0.15) is 0 Å². The highest BCUT2D eigenvalue weighted by molar-refractivity contribution is 5.32. The van der Waals surface area contributed by atoms with Crippen LogP contribution >= 0.6 is 0 Å². The van der Waals surface area contributed by atoms with Gasteiger partial charge in [0.2, 0.25) is 0 Å². The largest absolute Gasteiger partial charge is 0.392 e. The molecule has 13 heavy (non-hydrogen) atoms. The van der Waals surface area contributed by atoms with Crippen LogP contribution in [0.3, 0.4) is 0 Å². The smallest absolute Gasteiger partial charge is 0.0681 e. The van der Waals surface area contributed by atoms with E-state index in [0.29, 0.717) is 0 Å². The predicted molar refractivity (Wildman–Crippen MR) is 52.4 cm³/mol. The maximum atomic E-state index is 8.99. The summed E-state index contributed by atoms with van der Waals surface area (Å²) in [6.07, 6.45) is 2.37. The lowest BCUT2D eigenvalue weighted by atomic mass is 10.0. The molecule has 2 N–H and O–H groups in total. The molecular formula is C11H15NO. The van der Waals surface area contributed by atoms with E-state index in [9.17, 15) is 0 Å². The number of hydrogen-bond acceptors (Lipinski definition) is 2. The molecule has 2 heteroatoms. The summed E-state index contributed by atoms with van der Waals surface area (Å²) < 4.78 is 0. The molecule has 0 unspecified atom stereocenters. The summed E-state index contributed by atoms with van der Waals surface area (Å²) in [7, 11) is 0. The first-order chi connectivity index (χ1) is 6.40. The van der Waals surface area contributed by atoms with Gasteiger partial charge in [-0.15, -0.1) is 0 Å². The van der Waals surface area contributed by atoms with Crippen LogP contribution in [-0.2, 0) is 19.6 Å². The summed E-state index contributed by atoms with van der Waals surface area (Å²) in [5, 5.41) is 12.4. The summed E-state index contributed by atoms with van der Waals surface area (Å²) >= 11 is 0. The van der Waals surface area contributed by atoms with Crippen molar-refractivity contribution in [3.8, 4) is 0 Å². The molecule has 1 aliphatic rings. The number of aliphatic hydroxyl groups is 1. The summed E-state index contributed by atoms with van der Waals surface area (Å²) in [5.74, 6) is 0. The molecule has 70 valence electrons. The first kappa shape index (κ1) is 8.73. The molecule has 2 rings (SSSR count). The Bertz CT molecular complexity index is 296. The molecule has 0 atom stereocenters. The van der Waals surface area contributed by atoms with Crippen molar-refractivity contribution in [3.63, 3.8) is 0 Å². The fourth-order valence-corrected chi connectivity index (χ4v) is 1.81. The third kappa shape index (κ3) is 1.90. The Morgan fingerprint density at radius 1 is 1.31 bits per heavy atom. The summed E-state index contributed by atoms with van der Waals surface area (Å²) in [6.45, 7) is 2.19. The van der Waals surface area contributed by atoms with E-state index in [-0.39, 0.29) is 6.61 Å². The number of fused-ring (bicyclic) bond motifs is 1. The van der Waals surface area contributed by atoms with Crippen molar-refractivity contribution >= 4 is 0 Å². The van der Waals surface area contributed by atoms with Crippen LogP contribution in [0, 0.1) is 0 Å². The Morgan fingerprint density at radius 3 is 3.08 bits per heavy atom. The lowest BCUT2D eigenvalue weighted by Gasteiger charge is -2.06. The van der Waals surface area contributed by atoms with Crippen LogP contribution in [0.1, 0.15) is 23.1 Å². The molecule has 0 bridgehead atoms. The van der Waals surface area contributed by atoms with Crippen LogP contribution in [0.2, 0.25) is 0 Å². The molecule has 1 aromatic carbocycles. The number of rotatable bonds is 1. The quantitative estimate of drug-likeness (QED) is 0.676. The van der Waals surface area contributed by atoms with Gasteiger partial charge >= 0.3 is 0 Å². The van der Waals surface area contributed by atoms with E-state index in [1.54, 1.807) is 0 Å². The highest BCUT2D eigenvalue weighted by Gasteiger charge is 2.06. The minimum atomic E-state index is 0.146.